The quantitative estimate of drug-likeness (QED) is 0.787. The van der Waals surface area contributed by atoms with Gasteiger partial charge in [-0.05, 0) is 12.5 Å². The van der Waals surface area contributed by atoms with E-state index in [1.165, 1.54) is 11.4 Å². The van der Waals surface area contributed by atoms with Gasteiger partial charge in [0.05, 0.1) is 6.04 Å². The molecule has 13 heavy (non-hydrogen) atoms. The van der Waals surface area contributed by atoms with Crippen LogP contribution in [0.5, 0.6) is 0 Å². The normalized spacial score (nSPS) is 15.6. The third kappa shape index (κ3) is 2.78. The van der Waals surface area contributed by atoms with Crippen molar-refractivity contribution in [1.29, 1.82) is 0 Å². The van der Waals surface area contributed by atoms with Crippen LogP contribution >= 0.6 is 11.3 Å². The van der Waals surface area contributed by atoms with Crippen molar-refractivity contribution in [2.45, 2.75) is 33.2 Å². The van der Waals surface area contributed by atoms with Crippen LogP contribution < -0.4 is 5.32 Å². The van der Waals surface area contributed by atoms with Crippen molar-refractivity contribution in [3.8, 4) is 0 Å². The second-order valence-electron chi connectivity index (χ2n) is 3.29. The fraction of sp³-hybridized carbons (Fsp3) is 0.700. The Labute approximate surface area is 84.4 Å². The number of hydrogen-bond donors (Lipinski definition) is 1. The van der Waals surface area contributed by atoms with E-state index < -0.39 is 0 Å². The first-order valence-corrected chi connectivity index (χ1v) is 5.80. The molecular weight excluding hydrogens is 180 g/mol. The Morgan fingerprint density at radius 3 is 2.77 bits per heavy atom. The van der Waals surface area contributed by atoms with Gasteiger partial charge in [0.25, 0.3) is 0 Å². The highest BCUT2D eigenvalue weighted by molar-refractivity contribution is 7.09. The van der Waals surface area contributed by atoms with E-state index >= 15 is 0 Å². The first-order valence-electron chi connectivity index (χ1n) is 4.92. The number of nitrogens with zero attached hydrogens (tertiary/aromatic N) is 1. The predicted molar refractivity (Wildman–Crippen MR) is 58.0 cm³/mol. The smallest absolute Gasteiger partial charge is 0.110 e. The monoisotopic (exact) mass is 198 g/mol. The van der Waals surface area contributed by atoms with E-state index in [1.54, 1.807) is 11.3 Å². The Balaban J connectivity index is 2.68. The summed E-state index contributed by atoms with van der Waals surface area (Å²) in [5.74, 6) is 0.658. The van der Waals surface area contributed by atoms with E-state index in [-0.39, 0.29) is 0 Å². The lowest BCUT2D eigenvalue weighted by molar-refractivity contribution is 0.383. The van der Waals surface area contributed by atoms with Gasteiger partial charge in [0.1, 0.15) is 5.01 Å². The zero-order chi connectivity index (χ0) is 9.68. The van der Waals surface area contributed by atoms with Gasteiger partial charge in [-0.2, -0.15) is 0 Å². The van der Waals surface area contributed by atoms with Gasteiger partial charge in [-0.1, -0.05) is 27.2 Å². The number of aromatic nitrogens is 1. The largest absolute Gasteiger partial charge is 0.308 e. The van der Waals surface area contributed by atoms with Gasteiger partial charge in [-0.25, -0.2) is 4.98 Å². The minimum absolute atomic E-state index is 0.440. The van der Waals surface area contributed by atoms with Crippen molar-refractivity contribution in [3.63, 3.8) is 0 Å². The molecule has 2 unspecified atom stereocenters. The minimum atomic E-state index is 0.440. The first kappa shape index (κ1) is 10.7. The van der Waals surface area contributed by atoms with Gasteiger partial charge < -0.3 is 5.32 Å². The number of thiazole rings is 1. The minimum Gasteiger partial charge on any atom is -0.308 e. The maximum absolute atomic E-state index is 4.36. The van der Waals surface area contributed by atoms with Crippen molar-refractivity contribution in [2.75, 3.05) is 6.54 Å². The van der Waals surface area contributed by atoms with Crippen molar-refractivity contribution in [2.24, 2.45) is 5.92 Å². The summed E-state index contributed by atoms with van der Waals surface area (Å²) < 4.78 is 0. The second kappa shape index (κ2) is 5.35. The highest BCUT2D eigenvalue weighted by Gasteiger charge is 2.18. The Morgan fingerprint density at radius 2 is 2.31 bits per heavy atom. The molecule has 3 heteroatoms. The van der Waals surface area contributed by atoms with Crippen molar-refractivity contribution < 1.29 is 0 Å². The zero-order valence-corrected chi connectivity index (χ0v) is 9.40. The van der Waals surface area contributed by atoms with Crippen LogP contribution in [0.25, 0.3) is 0 Å². The fourth-order valence-corrected chi connectivity index (χ4v) is 2.22. The molecule has 0 aliphatic rings. The van der Waals surface area contributed by atoms with Crippen LogP contribution in [-0.4, -0.2) is 11.5 Å². The molecule has 1 N–H and O–H groups in total. The SMILES string of the molecule is CCNC(c1nccs1)C(C)CC. The van der Waals surface area contributed by atoms with Crippen LogP contribution in [0.3, 0.4) is 0 Å². The molecule has 1 rings (SSSR count). The van der Waals surface area contributed by atoms with E-state index in [4.69, 9.17) is 0 Å². The van der Waals surface area contributed by atoms with Crippen LogP contribution in [0, 0.1) is 5.92 Å². The third-order valence-electron chi connectivity index (χ3n) is 2.35. The van der Waals surface area contributed by atoms with Crippen molar-refractivity contribution in [1.82, 2.24) is 10.3 Å². The van der Waals surface area contributed by atoms with E-state index in [0.29, 0.717) is 12.0 Å². The Hall–Kier alpha value is -0.410. The number of rotatable bonds is 5. The summed E-state index contributed by atoms with van der Waals surface area (Å²) in [6, 6.07) is 0.440. The third-order valence-corrected chi connectivity index (χ3v) is 3.21. The summed E-state index contributed by atoms with van der Waals surface area (Å²) in [5.41, 5.74) is 0. The number of hydrogen-bond acceptors (Lipinski definition) is 3. The van der Waals surface area contributed by atoms with Crippen LogP contribution in [0.2, 0.25) is 0 Å². The lowest BCUT2D eigenvalue weighted by Crippen LogP contribution is -2.26. The second-order valence-corrected chi connectivity index (χ2v) is 4.22. The highest BCUT2D eigenvalue weighted by atomic mass is 32.1. The molecule has 1 aromatic heterocycles. The fourth-order valence-electron chi connectivity index (χ4n) is 1.38. The van der Waals surface area contributed by atoms with Gasteiger partial charge in [0.15, 0.2) is 0 Å². The topological polar surface area (TPSA) is 24.9 Å². The Morgan fingerprint density at radius 1 is 1.54 bits per heavy atom. The molecule has 0 spiro atoms. The molecule has 0 saturated carbocycles. The van der Waals surface area contributed by atoms with Crippen LogP contribution in [0.1, 0.15) is 38.2 Å². The Kier molecular flexibility index (Phi) is 4.39. The maximum Gasteiger partial charge on any atom is 0.110 e. The molecule has 0 aliphatic heterocycles. The summed E-state index contributed by atoms with van der Waals surface area (Å²) in [6.07, 6.45) is 3.07. The first-order chi connectivity index (χ1) is 6.29. The van der Waals surface area contributed by atoms with E-state index in [2.05, 4.69) is 31.1 Å². The van der Waals surface area contributed by atoms with Crippen molar-refractivity contribution >= 4 is 11.3 Å². The Bertz CT molecular complexity index is 221. The number of nitrogens with one attached hydrogen (secondary N) is 1. The molecular formula is C10H18N2S. The summed E-state index contributed by atoms with van der Waals surface area (Å²) in [6.45, 7) is 7.65. The maximum atomic E-state index is 4.36. The van der Waals surface area contributed by atoms with Crippen LogP contribution in [0.15, 0.2) is 11.6 Å². The standard InChI is InChI=1S/C10H18N2S/c1-4-8(3)9(11-5-2)10-12-6-7-13-10/h6-9,11H,4-5H2,1-3H3. The molecule has 0 amide bonds. The molecule has 0 bridgehead atoms. The van der Waals surface area contributed by atoms with Gasteiger partial charge in [0, 0.05) is 11.6 Å². The van der Waals surface area contributed by atoms with E-state index in [9.17, 15) is 0 Å². The molecule has 74 valence electrons. The van der Waals surface area contributed by atoms with Crippen molar-refractivity contribution in [3.05, 3.63) is 16.6 Å². The molecule has 0 radical (unpaired) electrons. The van der Waals surface area contributed by atoms with Gasteiger partial charge in [-0.15, -0.1) is 11.3 Å². The molecule has 0 saturated heterocycles. The molecule has 1 heterocycles. The average molecular weight is 198 g/mol. The van der Waals surface area contributed by atoms with Crippen LogP contribution in [-0.2, 0) is 0 Å². The molecule has 2 atom stereocenters. The summed E-state index contributed by atoms with van der Waals surface area (Å²) in [7, 11) is 0. The summed E-state index contributed by atoms with van der Waals surface area (Å²) >= 11 is 1.74. The van der Waals surface area contributed by atoms with E-state index in [1.807, 2.05) is 11.6 Å². The van der Waals surface area contributed by atoms with Gasteiger partial charge in [-0.3, -0.25) is 0 Å². The molecule has 0 aromatic carbocycles. The van der Waals surface area contributed by atoms with Gasteiger partial charge >= 0.3 is 0 Å². The zero-order valence-electron chi connectivity index (χ0n) is 8.58. The average Bonchev–Trinajstić information content (AvgIpc) is 2.65. The van der Waals surface area contributed by atoms with Crippen LogP contribution in [0.4, 0.5) is 0 Å². The predicted octanol–water partition coefficient (Wildman–Crippen LogP) is 2.84. The van der Waals surface area contributed by atoms with E-state index in [0.717, 1.165) is 6.54 Å². The molecule has 0 aliphatic carbocycles. The summed E-state index contributed by atoms with van der Waals surface area (Å²) in [5, 5.41) is 6.75. The molecule has 0 fully saturated rings. The lowest BCUT2D eigenvalue weighted by Gasteiger charge is -2.21. The molecule has 1 aromatic rings. The van der Waals surface area contributed by atoms with Gasteiger partial charge in [0.2, 0.25) is 0 Å². The molecule has 2 nitrogen and oxygen atoms in total. The lowest BCUT2D eigenvalue weighted by atomic mass is 10.00. The summed E-state index contributed by atoms with van der Waals surface area (Å²) in [4.78, 5) is 4.36. The highest BCUT2D eigenvalue weighted by Crippen LogP contribution is 2.25.